The summed E-state index contributed by atoms with van der Waals surface area (Å²) in [5.74, 6) is 0. The Balaban J connectivity index is 1.85. The Hall–Kier alpha value is -1.32. The standard InChI is InChI=1S/C16H20ClN3/c1-20-10-3-4-12(8-11-20)19-15-7-6-14(17)13-5-2-9-18-16(13)15/h2,5-7,9,12,19H,3-4,8,10-11H2,1H3. The molecule has 106 valence electrons. The van der Waals surface area contributed by atoms with Crippen LogP contribution in [0.15, 0.2) is 30.5 Å². The zero-order valence-corrected chi connectivity index (χ0v) is 12.5. The maximum atomic E-state index is 6.24. The molecule has 1 aromatic heterocycles. The van der Waals surface area contributed by atoms with Gasteiger partial charge in [0.05, 0.1) is 16.2 Å². The lowest BCUT2D eigenvalue weighted by Gasteiger charge is -2.19. The van der Waals surface area contributed by atoms with Gasteiger partial charge in [-0.2, -0.15) is 0 Å². The highest BCUT2D eigenvalue weighted by Gasteiger charge is 2.16. The number of halogens is 1. The van der Waals surface area contributed by atoms with Crippen LogP contribution in [-0.4, -0.2) is 36.1 Å². The molecule has 1 unspecified atom stereocenters. The van der Waals surface area contributed by atoms with Crippen molar-refractivity contribution in [1.29, 1.82) is 0 Å². The molecule has 1 aliphatic rings. The fourth-order valence-corrected chi connectivity index (χ4v) is 3.07. The van der Waals surface area contributed by atoms with E-state index in [2.05, 4.69) is 22.2 Å². The van der Waals surface area contributed by atoms with E-state index in [0.717, 1.165) is 28.2 Å². The third-order valence-corrected chi connectivity index (χ3v) is 4.36. The van der Waals surface area contributed by atoms with Crippen molar-refractivity contribution in [3.8, 4) is 0 Å². The van der Waals surface area contributed by atoms with E-state index in [1.807, 2.05) is 30.5 Å². The van der Waals surface area contributed by atoms with Gasteiger partial charge in [0.25, 0.3) is 0 Å². The van der Waals surface area contributed by atoms with Gasteiger partial charge in [-0.25, -0.2) is 0 Å². The minimum absolute atomic E-state index is 0.520. The molecule has 0 aliphatic carbocycles. The smallest absolute Gasteiger partial charge is 0.0948 e. The van der Waals surface area contributed by atoms with Gasteiger partial charge < -0.3 is 10.2 Å². The van der Waals surface area contributed by atoms with E-state index in [9.17, 15) is 0 Å². The summed E-state index contributed by atoms with van der Waals surface area (Å²) in [4.78, 5) is 6.89. The first kappa shape index (κ1) is 13.7. The number of nitrogens with zero attached hydrogens (tertiary/aromatic N) is 2. The summed E-state index contributed by atoms with van der Waals surface area (Å²) in [7, 11) is 2.20. The lowest BCUT2D eigenvalue weighted by molar-refractivity contribution is 0.348. The number of likely N-dealkylation sites (tertiary alicyclic amines) is 1. The van der Waals surface area contributed by atoms with Crippen molar-refractivity contribution in [2.45, 2.75) is 25.3 Å². The average molecular weight is 290 g/mol. The summed E-state index contributed by atoms with van der Waals surface area (Å²) in [6.07, 6.45) is 5.45. The fourth-order valence-electron chi connectivity index (χ4n) is 2.86. The van der Waals surface area contributed by atoms with Crippen LogP contribution in [0.4, 0.5) is 5.69 Å². The summed E-state index contributed by atoms with van der Waals surface area (Å²) in [5.41, 5.74) is 2.07. The Labute approximate surface area is 124 Å². The number of nitrogens with one attached hydrogen (secondary N) is 1. The Kier molecular flexibility index (Phi) is 4.08. The Morgan fingerprint density at radius 1 is 1.25 bits per heavy atom. The van der Waals surface area contributed by atoms with Gasteiger partial charge in [0.1, 0.15) is 0 Å². The van der Waals surface area contributed by atoms with Gasteiger partial charge >= 0.3 is 0 Å². The normalized spacial score (nSPS) is 20.8. The SMILES string of the molecule is CN1CCCC(Nc2ccc(Cl)c3cccnc23)CC1. The molecule has 0 radical (unpaired) electrons. The molecule has 20 heavy (non-hydrogen) atoms. The van der Waals surface area contributed by atoms with E-state index in [-0.39, 0.29) is 0 Å². The van der Waals surface area contributed by atoms with Crippen molar-refractivity contribution in [3.05, 3.63) is 35.5 Å². The molecule has 1 N–H and O–H groups in total. The van der Waals surface area contributed by atoms with Crippen molar-refractivity contribution >= 4 is 28.2 Å². The molecule has 0 saturated carbocycles. The van der Waals surface area contributed by atoms with Crippen LogP contribution in [0.1, 0.15) is 19.3 Å². The first-order chi connectivity index (χ1) is 9.74. The van der Waals surface area contributed by atoms with E-state index in [1.165, 1.54) is 25.8 Å². The number of hydrogen-bond acceptors (Lipinski definition) is 3. The minimum Gasteiger partial charge on any atom is -0.380 e. The molecule has 1 fully saturated rings. The molecule has 0 amide bonds. The van der Waals surface area contributed by atoms with Crippen molar-refractivity contribution in [2.75, 3.05) is 25.5 Å². The second-order valence-electron chi connectivity index (χ2n) is 5.57. The van der Waals surface area contributed by atoms with Crippen LogP contribution in [0.2, 0.25) is 5.02 Å². The Morgan fingerprint density at radius 2 is 2.15 bits per heavy atom. The van der Waals surface area contributed by atoms with E-state index in [4.69, 9.17) is 11.6 Å². The second-order valence-corrected chi connectivity index (χ2v) is 5.98. The first-order valence-electron chi connectivity index (χ1n) is 7.22. The van der Waals surface area contributed by atoms with Crippen LogP contribution in [0, 0.1) is 0 Å². The monoisotopic (exact) mass is 289 g/mol. The van der Waals surface area contributed by atoms with Gasteiger partial charge in [-0.3, -0.25) is 4.98 Å². The maximum absolute atomic E-state index is 6.24. The van der Waals surface area contributed by atoms with Crippen LogP contribution in [-0.2, 0) is 0 Å². The fraction of sp³-hybridized carbons (Fsp3) is 0.438. The van der Waals surface area contributed by atoms with E-state index in [0.29, 0.717) is 6.04 Å². The zero-order valence-electron chi connectivity index (χ0n) is 11.8. The van der Waals surface area contributed by atoms with E-state index >= 15 is 0 Å². The number of aromatic nitrogens is 1. The molecule has 4 heteroatoms. The highest BCUT2D eigenvalue weighted by Crippen LogP contribution is 2.29. The highest BCUT2D eigenvalue weighted by atomic mass is 35.5. The third kappa shape index (κ3) is 2.89. The molecule has 1 saturated heterocycles. The molecule has 2 heterocycles. The van der Waals surface area contributed by atoms with Gasteiger partial charge in [-0.15, -0.1) is 0 Å². The van der Waals surface area contributed by atoms with Crippen LogP contribution >= 0.6 is 11.6 Å². The Bertz CT molecular complexity index is 599. The highest BCUT2D eigenvalue weighted by molar-refractivity contribution is 6.35. The molecule has 1 aromatic carbocycles. The first-order valence-corrected chi connectivity index (χ1v) is 7.60. The molecule has 3 nitrogen and oxygen atoms in total. The number of pyridine rings is 1. The van der Waals surface area contributed by atoms with Crippen LogP contribution in [0.5, 0.6) is 0 Å². The van der Waals surface area contributed by atoms with Gasteiger partial charge in [0.15, 0.2) is 0 Å². The largest absolute Gasteiger partial charge is 0.380 e. The number of benzene rings is 1. The number of anilines is 1. The van der Waals surface area contributed by atoms with Crippen LogP contribution in [0.3, 0.4) is 0 Å². The van der Waals surface area contributed by atoms with Crippen molar-refractivity contribution in [2.24, 2.45) is 0 Å². The Morgan fingerprint density at radius 3 is 3.05 bits per heavy atom. The topological polar surface area (TPSA) is 28.2 Å². The van der Waals surface area contributed by atoms with Crippen LogP contribution in [0.25, 0.3) is 10.9 Å². The zero-order chi connectivity index (χ0) is 13.9. The lowest BCUT2D eigenvalue weighted by Crippen LogP contribution is -2.23. The quantitative estimate of drug-likeness (QED) is 0.912. The van der Waals surface area contributed by atoms with Crippen molar-refractivity contribution in [1.82, 2.24) is 9.88 Å². The summed E-state index contributed by atoms with van der Waals surface area (Å²) in [6, 6.07) is 8.48. The van der Waals surface area contributed by atoms with Crippen molar-refractivity contribution in [3.63, 3.8) is 0 Å². The maximum Gasteiger partial charge on any atom is 0.0948 e. The number of hydrogen-bond donors (Lipinski definition) is 1. The van der Waals surface area contributed by atoms with Crippen LogP contribution < -0.4 is 5.32 Å². The molecule has 1 aliphatic heterocycles. The summed E-state index contributed by atoms with van der Waals surface area (Å²) in [6.45, 7) is 2.34. The predicted molar refractivity (Wildman–Crippen MR) is 85.5 cm³/mol. The van der Waals surface area contributed by atoms with Gasteiger partial charge in [0.2, 0.25) is 0 Å². The van der Waals surface area contributed by atoms with Crippen molar-refractivity contribution < 1.29 is 0 Å². The van der Waals surface area contributed by atoms with Gasteiger partial charge in [-0.1, -0.05) is 11.6 Å². The molecular weight excluding hydrogens is 270 g/mol. The molecule has 0 bridgehead atoms. The summed E-state index contributed by atoms with van der Waals surface area (Å²) in [5, 5.41) is 5.45. The molecule has 0 spiro atoms. The lowest BCUT2D eigenvalue weighted by atomic mass is 10.1. The second kappa shape index (κ2) is 5.98. The van der Waals surface area contributed by atoms with E-state index < -0.39 is 0 Å². The molecule has 2 aromatic rings. The van der Waals surface area contributed by atoms with Gasteiger partial charge in [0, 0.05) is 17.6 Å². The molecule has 3 rings (SSSR count). The average Bonchev–Trinajstić information content (AvgIpc) is 2.67. The predicted octanol–water partition coefficient (Wildman–Crippen LogP) is 3.78. The minimum atomic E-state index is 0.520. The molecule has 1 atom stereocenters. The molecular formula is C16H20ClN3. The third-order valence-electron chi connectivity index (χ3n) is 4.03. The summed E-state index contributed by atoms with van der Waals surface area (Å²) < 4.78 is 0. The number of rotatable bonds is 2. The van der Waals surface area contributed by atoms with E-state index in [1.54, 1.807) is 0 Å². The van der Waals surface area contributed by atoms with Gasteiger partial charge in [-0.05, 0) is 63.7 Å². The summed E-state index contributed by atoms with van der Waals surface area (Å²) >= 11 is 6.24. The number of fused-ring (bicyclic) bond motifs is 1.